The van der Waals surface area contributed by atoms with Crippen LogP contribution in [0, 0.1) is 0 Å². The number of carbonyl (C=O) groups excluding carboxylic acids is 2. The molecule has 0 fully saturated rings. The Morgan fingerprint density at radius 1 is 0.562 bits per heavy atom. The minimum absolute atomic E-state index is 0.105. The van der Waals surface area contributed by atoms with Gasteiger partial charge < -0.3 is 9.88 Å². The highest BCUT2D eigenvalue weighted by Crippen LogP contribution is 2.17. The lowest BCUT2D eigenvalue weighted by atomic mass is 10.0. The molecule has 0 saturated carbocycles. The molecule has 0 aliphatic heterocycles. The summed E-state index contributed by atoms with van der Waals surface area (Å²) in [7, 11) is 1.96. The standard InChI is InChI=1S/C43H81N3O2/c1-5-7-9-11-13-15-17-19-21-23-25-27-29-31-33-35-40(47)37-42-45-41(38-46(42)4)39(3)44-43(48)36-34-32-30-28-26-24-22-20-18-16-14-12-10-8-6-2/h38-39H,5-37H2,1-4H3,(H,44,48). The normalized spacial score (nSPS) is 12.1. The summed E-state index contributed by atoms with van der Waals surface area (Å²) in [6.07, 6.45) is 43.6. The first-order chi connectivity index (χ1) is 23.5. The summed E-state index contributed by atoms with van der Waals surface area (Å²) in [5.74, 6) is 1.18. The molecule has 1 rings (SSSR count). The number of nitrogens with one attached hydrogen (secondary N) is 1. The summed E-state index contributed by atoms with van der Waals surface area (Å²) in [6, 6.07) is -0.139. The van der Waals surface area contributed by atoms with Gasteiger partial charge in [0.25, 0.3) is 0 Å². The summed E-state index contributed by atoms with van der Waals surface area (Å²) < 4.78 is 1.96. The number of unbranched alkanes of at least 4 members (excludes halogenated alkanes) is 28. The van der Waals surface area contributed by atoms with Gasteiger partial charge in [0.15, 0.2) is 0 Å². The number of ketones is 1. The predicted octanol–water partition coefficient (Wildman–Crippen LogP) is 13.2. The van der Waals surface area contributed by atoms with E-state index in [9.17, 15) is 9.59 Å². The second-order valence-corrected chi connectivity index (χ2v) is 15.1. The number of imidazole rings is 1. The van der Waals surface area contributed by atoms with Gasteiger partial charge in [-0.2, -0.15) is 0 Å². The fraction of sp³-hybridized carbons (Fsp3) is 0.884. The first-order valence-corrected chi connectivity index (χ1v) is 21.3. The van der Waals surface area contributed by atoms with Crippen LogP contribution in [0.5, 0.6) is 0 Å². The smallest absolute Gasteiger partial charge is 0.220 e. The molecule has 0 saturated heterocycles. The first kappa shape index (κ1) is 44.4. The van der Waals surface area contributed by atoms with Crippen LogP contribution in [-0.2, 0) is 23.1 Å². The second kappa shape index (κ2) is 32.5. The molecule has 1 unspecified atom stereocenters. The predicted molar refractivity (Wildman–Crippen MR) is 208 cm³/mol. The van der Waals surface area contributed by atoms with E-state index in [0.717, 1.165) is 37.2 Å². The summed E-state index contributed by atoms with van der Waals surface area (Å²) in [5, 5.41) is 3.12. The van der Waals surface area contributed by atoms with E-state index in [4.69, 9.17) is 4.98 Å². The molecule has 1 N–H and O–H groups in total. The van der Waals surface area contributed by atoms with E-state index < -0.39 is 0 Å². The maximum atomic E-state index is 12.7. The SMILES string of the molecule is CCCCCCCCCCCCCCCCCC(=O)Cc1nc(C(C)NC(=O)CCCCCCCCCCCCCCCCC)cn1C. The zero-order valence-corrected chi connectivity index (χ0v) is 32.7. The molecule has 5 heteroatoms. The third-order valence-corrected chi connectivity index (χ3v) is 10.2. The molecule has 1 atom stereocenters. The molecule has 0 aromatic carbocycles. The molecule has 0 radical (unpaired) electrons. The van der Waals surface area contributed by atoms with Crippen molar-refractivity contribution in [2.45, 2.75) is 239 Å². The lowest BCUT2D eigenvalue weighted by Gasteiger charge is -2.11. The summed E-state index contributed by atoms with van der Waals surface area (Å²) in [4.78, 5) is 29.9. The van der Waals surface area contributed by atoms with Crippen molar-refractivity contribution < 1.29 is 9.59 Å². The minimum Gasteiger partial charge on any atom is -0.348 e. The topological polar surface area (TPSA) is 64.0 Å². The maximum absolute atomic E-state index is 12.7. The summed E-state index contributed by atoms with van der Waals surface area (Å²) in [5.41, 5.74) is 0.845. The zero-order chi connectivity index (χ0) is 34.9. The van der Waals surface area contributed by atoms with Crippen LogP contribution in [0.25, 0.3) is 0 Å². The van der Waals surface area contributed by atoms with Gasteiger partial charge in [-0.3, -0.25) is 9.59 Å². The van der Waals surface area contributed by atoms with E-state index in [0.29, 0.717) is 19.3 Å². The molecule has 1 aromatic rings. The number of Topliss-reactive ketones (excluding diaryl/α,β-unsaturated/α-hetero) is 1. The Hall–Kier alpha value is -1.65. The van der Waals surface area contributed by atoms with E-state index in [1.807, 2.05) is 24.7 Å². The number of amides is 1. The van der Waals surface area contributed by atoms with Gasteiger partial charge in [0.05, 0.1) is 18.2 Å². The largest absolute Gasteiger partial charge is 0.348 e. The van der Waals surface area contributed by atoms with Crippen LogP contribution >= 0.6 is 0 Å². The highest BCUT2D eigenvalue weighted by molar-refractivity contribution is 5.80. The van der Waals surface area contributed by atoms with Gasteiger partial charge in [-0.05, 0) is 19.8 Å². The number of hydrogen-bond donors (Lipinski definition) is 1. The molecule has 0 bridgehead atoms. The van der Waals surface area contributed by atoms with Crippen molar-refractivity contribution in [3.63, 3.8) is 0 Å². The molecule has 5 nitrogen and oxygen atoms in total. The van der Waals surface area contributed by atoms with E-state index in [1.165, 1.54) is 167 Å². The molecule has 0 spiro atoms. The average molecular weight is 672 g/mol. The Balaban J connectivity index is 2.02. The lowest BCUT2D eigenvalue weighted by molar-refractivity contribution is -0.122. The molecule has 1 amide bonds. The summed E-state index contributed by atoms with van der Waals surface area (Å²) in [6.45, 7) is 6.56. The molecule has 0 aliphatic rings. The monoisotopic (exact) mass is 672 g/mol. The zero-order valence-electron chi connectivity index (χ0n) is 32.7. The Kier molecular flexibility index (Phi) is 30.1. The number of hydrogen-bond acceptors (Lipinski definition) is 3. The van der Waals surface area contributed by atoms with E-state index in [-0.39, 0.29) is 17.7 Å². The third kappa shape index (κ3) is 26.2. The van der Waals surface area contributed by atoms with Crippen molar-refractivity contribution in [1.29, 1.82) is 0 Å². The second-order valence-electron chi connectivity index (χ2n) is 15.1. The minimum atomic E-state index is -0.139. The van der Waals surface area contributed by atoms with Crippen LogP contribution < -0.4 is 5.32 Å². The highest BCUT2D eigenvalue weighted by Gasteiger charge is 2.16. The lowest BCUT2D eigenvalue weighted by Crippen LogP contribution is -2.26. The van der Waals surface area contributed by atoms with Crippen molar-refractivity contribution in [3.05, 3.63) is 17.7 Å². The highest BCUT2D eigenvalue weighted by atomic mass is 16.1. The quantitative estimate of drug-likeness (QED) is 0.0722. The number of nitrogens with zero attached hydrogens (tertiary/aromatic N) is 2. The molecule has 1 heterocycles. The molecule has 0 aliphatic carbocycles. The van der Waals surface area contributed by atoms with Crippen LogP contribution in [0.3, 0.4) is 0 Å². The van der Waals surface area contributed by atoms with Gasteiger partial charge in [-0.15, -0.1) is 0 Å². The number of aromatic nitrogens is 2. The van der Waals surface area contributed by atoms with Gasteiger partial charge >= 0.3 is 0 Å². The molecule has 1 aromatic heterocycles. The average Bonchev–Trinajstić information content (AvgIpc) is 3.44. The summed E-state index contributed by atoms with van der Waals surface area (Å²) >= 11 is 0. The van der Waals surface area contributed by atoms with E-state index in [2.05, 4.69) is 19.2 Å². The Morgan fingerprint density at radius 2 is 0.896 bits per heavy atom. The Labute approximate surface area is 299 Å². The number of carbonyl (C=O) groups is 2. The van der Waals surface area contributed by atoms with Crippen LogP contribution in [0.1, 0.15) is 244 Å². The van der Waals surface area contributed by atoms with Crippen LogP contribution in [0.15, 0.2) is 6.20 Å². The van der Waals surface area contributed by atoms with Crippen molar-refractivity contribution in [2.24, 2.45) is 7.05 Å². The van der Waals surface area contributed by atoms with Crippen LogP contribution in [0.4, 0.5) is 0 Å². The van der Waals surface area contributed by atoms with Crippen molar-refractivity contribution in [3.8, 4) is 0 Å². The third-order valence-electron chi connectivity index (χ3n) is 10.2. The molecular weight excluding hydrogens is 590 g/mol. The van der Waals surface area contributed by atoms with E-state index >= 15 is 0 Å². The Bertz CT molecular complexity index is 879. The number of rotatable bonds is 36. The molecule has 280 valence electrons. The van der Waals surface area contributed by atoms with Crippen LogP contribution in [-0.4, -0.2) is 21.2 Å². The van der Waals surface area contributed by atoms with Crippen LogP contribution in [0.2, 0.25) is 0 Å². The Morgan fingerprint density at radius 3 is 1.27 bits per heavy atom. The number of aryl methyl sites for hydroxylation is 1. The van der Waals surface area contributed by atoms with Gasteiger partial charge in [0.2, 0.25) is 5.91 Å². The fourth-order valence-corrected chi connectivity index (χ4v) is 6.91. The molecule has 48 heavy (non-hydrogen) atoms. The first-order valence-electron chi connectivity index (χ1n) is 21.3. The van der Waals surface area contributed by atoms with Gasteiger partial charge in [-0.1, -0.05) is 194 Å². The van der Waals surface area contributed by atoms with Gasteiger partial charge in [0.1, 0.15) is 11.6 Å². The van der Waals surface area contributed by atoms with Crippen molar-refractivity contribution >= 4 is 11.7 Å². The maximum Gasteiger partial charge on any atom is 0.220 e. The van der Waals surface area contributed by atoms with E-state index in [1.54, 1.807) is 0 Å². The van der Waals surface area contributed by atoms with Gasteiger partial charge in [-0.25, -0.2) is 4.98 Å². The molecular formula is C43H81N3O2. The fourth-order valence-electron chi connectivity index (χ4n) is 6.91. The van der Waals surface area contributed by atoms with Crippen molar-refractivity contribution in [2.75, 3.05) is 0 Å². The van der Waals surface area contributed by atoms with Gasteiger partial charge in [0, 0.05) is 26.1 Å². The van der Waals surface area contributed by atoms with Crippen molar-refractivity contribution in [1.82, 2.24) is 14.9 Å².